The van der Waals surface area contributed by atoms with Gasteiger partial charge in [-0.3, -0.25) is 0 Å². The van der Waals surface area contributed by atoms with E-state index in [-0.39, 0.29) is 5.41 Å². The lowest BCUT2D eigenvalue weighted by Gasteiger charge is -2.17. The van der Waals surface area contributed by atoms with Gasteiger partial charge >= 0.3 is 0 Å². The Bertz CT molecular complexity index is 475. The summed E-state index contributed by atoms with van der Waals surface area (Å²) in [5, 5.41) is 4.40. The summed E-state index contributed by atoms with van der Waals surface area (Å²) in [6.45, 7) is 8.87. The minimum Gasteiger partial charge on any atom is -0.241 e. The standard InChI is InChI=1S/C13H18N2/c1-5-10-8-12-11(13(2,3)4)6-7-15(12)14-9-10/h6-9H,5H2,1-4H3. The van der Waals surface area contributed by atoms with Crippen LogP contribution < -0.4 is 0 Å². The first-order chi connectivity index (χ1) is 7.02. The molecule has 0 saturated carbocycles. The quantitative estimate of drug-likeness (QED) is 0.694. The third kappa shape index (κ3) is 1.76. The van der Waals surface area contributed by atoms with E-state index in [0.717, 1.165) is 6.42 Å². The topological polar surface area (TPSA) is 17.3 Å². The van der Waals surface area contributed by atoms with Gasteiger partial charge in [0, 0.05) is 6.20 Å². The van der Waals surface area contributed by atoms with Crippen molar-refractivity contribution in [3.05, 3.63) is 35.7 Å². The first-order valence-electron chi connectivity index (χ1n) is 5.49. The van der Waals surface area contributed by atoms with Gasteiger partial charge in [0.05, 0.1) is 11.7 Å². The summed E-state index contributed by atoms with van der Waals surface area (Å²) in [5.41, 5.74) is 4.09. The maximum absolute atomic E-state index is 4.40. The summed E-state index contributed by atoms with van der Waals surface area (Å²) in [6, 6.07) is 4.41. The molecule has 2 aromatic rings. The number of hydrogen-bond donors (Lipinski definition) is 0. The summed E-state index contributed by atoms with van der Waals surface area (Å²) in [7, 11) is 0. The Balaban J connectivity index is 2.67. The second-order valence-electron chi connectivity index (χ2n) is 5.03. The van der Waals surface area contributed by atoms with Crippen molar-refractivity contribution in [1.29, 1.82) is 0 Å². The average Bonchev–Trinajstić information content (AvgIpc) is 2.59. The Morgan fingerprint density at radius 2 is 2.07 bits per heavy atom. The molecule has 0 saturated heterocycles. The van der Waals surface area contributed by atoms with Crippen LogP contribution in [0.2, 0.25) is 0 Å². The van der Waals surface area contributed by atoms with E-state index in [9.17, 15) is 0 Å². The van der Waals surface area contributed by atoms with Crippen molar-refractivity contribution in [1.82, 2.24) is 9.61 Å². The molecular weight excluding hydrogens is 184 g/mol. The molecule has 0 aliphatic carbocycles. The van der Waals surface area contributed by atoms with Crippen LogP contribution in [0.4, 0.5) is 0 Å². The van der Waals surface area contributed by atoms with Crippen molar-refractivity contribution >= 4 is 5.52 Å². The van der Waals surface area contributed by atoms with Crippen molar-refractivity contribution < 1.29 is 0 Å². The largest absolute Gasteiger partial charge is 0.241 e. The Morgan fingerprint density at radius 1 is 1.33 bits per heavy atom. The van der Waals surface area contributed by atoms with Crippen LogP contribution in [-0.2, 0) is 11.8 Å². The molecule has 15 heavy (non-hydrogen) atoms. The van der Waals surface area contributed by atoms with Gasteiger partial charge in [-0.2, -0.15) is 5.10 Å². The zero-order valence-corrected chi connectivity index (χ0v) is 9.91. The number of hydrogen-bond acceptors (Lipinski definition) is 1. The van der Waals surface area contributed by atoms with E-state index in [1.54, 1.807) is 0 Å². The molecule has 80 valence electrons. The number of aryl methyl sites for hydroxylation is 1. The molecule has 0 N–H and O–H groups in total. The lowest BCUT2D eigenvalue weighted by molar-refractivity contribution is 0.595. The van der Waals surface area contributed by atoms with Gasteiger partial charge in [-0.05, 0) is 35.1 Å². The van der Waals surface area contributed by atoms with E-state index >= 15 is 0 Å². The van der Waals surface area contributed by atoms with E-state index < -0.39 is 0 Å². The highest BCUT2D eigenvalue weighted by atomic mass is 15.2. The van der Waals surface area contributed by atoms with Crippen molar-refractivity contribution in [2.75, 3.05) is 0 Å². The summed E-state index contributed by atoms with van der Waals surface area (Å²) >= 11 is 0. The molecule has 0 aliphatic rings. The van der Waals surface area contributed by atoms with Gasteiger partial charge in [0.25, 0.3) is 0 Å². The monoisotopic (exact) mass is 202 g/mol. The van der Waals surface area contributed by atoms with Crippen LogP contribution in [0.1, 0.15) is 38.8 Å². The fourth-order valence-electron chi connectivity index (χ4n) is 1.86. The van der Waals surface area contributed by atoms with Crippen molar-refractivity contribution in [2.45, 2.75) is 39.5 Å². The van der Waals surface area contributed by atoms with E-state index in [1.165, 1.54) is 16.6 Å². The highest BCUT2D eigenvalue weighted by Gasteiger charge is 2.18. The smallest absolute Gasteiger partial charge is 0.0686 e. The second-order valence-corrected chi connectivity index (χ2v) is 5.03. The molecule has 0 unspecified atom stereocenters. The first kappa shape index (κ1) is 10.2. The van der Waals surface area contributed by atoms with Gasteiger partial charge in [-0.25, -0.2) is 4.52 Å². The number of rotatable bonds is 1. The molecule has 2 heterocycles. The molecule has 0 radical (unpaired) electrons. The normalized spacial score (nSPS) is 12.3. The fourth-order valence-corrected chi connectivity index (χ4v) is 1.86. The van der Waals surface area contributed by atoms with Gasteiger partial charge < -0.3 is 0 Å². The fraction of sp³-hybridized carbons (Fsp3) is 0.462. The molecule has 0 atom stereocenters. The number of nitrogens with zero attached hydrogens (tertiary/aromatic N) is 2. The van der Waals surface area contributed by atoms with Crippen LogP contribution in [0, 0.1) is 0 Å². The molecular formula is C13H18N2. The number of aromatic nitrogens is 2. The average molecular weight is 202 g/mol. The van der Waals surface area contributed by atoms with Gasteiger partial charge in [-0.1, -0.05) is 27.7 Å². The third-order valence-corrected chi connectivity index (χ3v) is 2.79. The maximum Gasteiger partial charge on any atom is 0.0686 e. The Hall–Kier alpha value is -1.31. The second kappa shape index (κ2) is 3.37. The highest BCUT2D eigenvalue weighted by molar-refractivity contribution is 5.58. The lowest BCUT2D eigenvalue weighted by atomic mass is 9.87. The van der Waals surface area contributed by atoms with E-state index in [2.05, 4.69) is 44.9 Å². The van der Waals surface area contributed by atoms with Gasteiger partial charge in [-0.15, -0.1) is 0 Å². The summed E-state index contributed by atoms with van der Waals surface area (Å²) in [4.78, 5) is 0. The molecule has 0 amide bonds. The molecule has 2 nitrogen and oxygen atoms in total. The molecule has 0 spiro atoms. The zero-order valence-electron chi connectivity index (χ0n) is 9.91. The third-order valence-electron chi connectivity index (χ3n) is 2.79. The first-order valence-corrected chi connectivity index (χ1v) is 5.49. The minimum atomic E-state index is 0.183. The maximum atomic E-state index is 4.40. The van der Waals surface area contributed by atoms with Gasteiger partial charge in [0.1, 0.15) is 0 Å². The zero-order chi connectivity index (χ0) is 11.1. The molecule has 0 aromatic carbocycles. The SMILES string of the molecule is CCc1cnn2ccc(C(C)(C)C)c2c1. The van der Waals surface area contributed by atoms with Crippen LogP contribution in [0.25, 0.3) is 5.52 Å². The van der Waals surface area contributed by atoms with E-state index in [1.807, 2.05) is 16.9 Å². The van der Waals surface area contributed by atoms with Gasteiger partial charge in [0.15, 0.2) is 0 Å². The van der Waals surface area contributed by atoms with Gasteiger partial charge in [0.2, 0.25) is 0 Å². The van der Waals surface area contributed by atoms with Crippen molar-refractivity contribution in [2.24, 2.45) is 0 Å². The van der Waals surface area contributed by atoms with Crippen LogP contribution in [0.3, 0.4) is 0 Å². The molecule has 2 rings (SSSR count). The lowest BCUT2D eigenvalue weighted by Crippen LogP contribution is -2.10. The molecule has 2 aromatic heterocycles. The molecule has 0 fully saturated rings. The summed E-state index contributed by atoms with van der Waals surface area (Å²) in [6.07, 6.45) is 5.02. The Morgan fingerprint density at radius 3 is 2.67 bits per heavy atom. The molecule has 2 heteroatoms. The predicted octanol–water partition coefficient (Wildman–Crippen LogP) is 3.19. The highest BCUT2D eigenvalue weighted by Crippen LogP contribution is 2.27. The van der Waals surface area contributed by atoms with Crippen LogP contribution in [0.15, 0.2) is 24.5 Å². The van der Waals surface area contributed by atoms with Crippen LogP contribution in [-0.4, -0.2) is 9.61 Å². The predicted molar refractivity (Wildman–Crippen MR) is 63.3 cm³/mol. The number of fused-ring (bicyclic) bond motifs is 1. The van der Waals surface area contributed by atoms with Crippen LogP contribution in [0.5, 0.6) is 0 Å². The molecule has 0 aliphatic heterocycles. The Kier molecular flexibility index (Phi) is 2.29. The van der Waals surface area contributed by atoms with Crippen LogP contribution >= 0.6 is 0 Å². The Labute approximate surface area is 90.9 Å². The van der Waals surface area contributed by atoms with E-state index in [4.69, 9.17) is 0 Å². The summed E-state index contributed by atoms with van der Waals surface area (Å²) in [5.74, 6) is 0. The molecule has 0 bridgehead atoms. The minimum absolute atomic E-state index is 0.183. The van der Waals surface area contributed by atoms with Crippen molar-refractivity contribution in [3.63, 3.8) is 0 Å². The van der Waals surface area contributed by atoms with Crippen molar-refractivity contribution in [3.8, 4) is 0 Å². The van der Waals surface area contributed by atoms with E-state index in [0.29, 0.717) is 0 Å². The summed E-state index contributed by atoms with van der Waals surface area (Å²) < 4.78 is 1.96.